The van der Waals surface area contributed by atoms with Crippen molar-refractivity contribution >= 4 is 28.3 Å². The van der Waals surface area contributed by atoms with Gasteiger partial charge < -0.3 is 5.32 Å². The maximum absolute atomic E-state index is 12.0. The van der Waals surface area contributed by atoms with E-state index in [0.717, 1.165) is 5.69 Å². The van der Waals surface area contributed by atoms with E-state index in [2.05, 4.69) is 10.3 Å². The zero-order valence-electron chi connectivity index (χ0n) is 11.3. The predicted octanol–water partition coefficient (Wildman–Crippen LogP) is 1.84. The highest BCUT2D eigenvalue weighted by atomic mass is 32.1. The summed E-state index contributed by atoms with van der Waals surface area (Å²) < 4.78 is 0. The van der Waals surface area contributed by atoms with Crippen LogP contribution in [0.2, 0.25) is 0 Å². The predicted molar refractivity (Wildman–Crippen MR) is 79.0 cm³/mol. The van der Waals surface area contributed by atoms with Crippen molar-refractivity contribution in [1.29, 1.82) is 0 Å². The number of benzene rings is 1. The summed E-state index contributed by atoms with van der Waals surface area (Å²) in [5, 5.41) is 5.11. The molecule has 0 radical (unpaired) electrons. The molecule has 0 bridgehead atoms. The van der Waals surface area contributed by atoms with Crippen LogP contribution in [0.15, 0.2) is 35.7 Å². The third kappa shape index (κ3) is 3.42. The van der Waals surface area contributed by atoms with Gasteiger partial charge in [0.05, 0.1) is 12.2 Å². The summed E-state index contributed by atoms with van der Waals surface area (Å²) in [6.45, 7) is 1.82. The Hall–Kier alpha value is -2.21. The van der Waals surface area contributed by atoms with Crippen molar-refractivity contribution in [3.63, 3.8) is 0 Å². The van der Waals surface area contributed by atoms with Crippen molar-refractivity contribution in [3.8, 4) is 0 Å². The van der Waals surface area contributed by atoms with Crippen molar-refractivity contribution in [3.05, 3.63) is 47.0 Å². The van der Waals surface area contributed by atoms with Crippen LogP contribution in [0.25, 0.3) is 0 Å². The highest BCUT2D eigenvalue weighted by Gasteiger charge is 2.15. The molecule has 2 rings (SSSR count). The molecule has 0 aliphatic rings. The van der Waals surface area contributed by atoms with E-state index < -0.39 is 0 Å². The Labute approximate surface area is 121 Å². The number of carbonyl (C=O) groups excluding carboxylic acids is 2. The molecule has 20 heavy (non-hydrogen) atoms. The topological polar surface area (TPSA) is 62.3 Å². The Morgan fingerprint density at radius 3 is 2.60 bits per heavy atom. The van der Waals surface area contributed by atoms with Crippen LogP contribution < -0.4 is 10.2 Å². The fourth-order valence-electron chi connectivity index (χ4n) is 1.57. The van der Waals surface area contributed by atoms with Gasteiger partial charge in [-0.2, -0.15) is 0 Å². The van der Waals surface area contributed by atoms with Gasteiger partial charge in [0.15, 0.2) is 5.13 Å². The standard InChI is InChI=1S/C14H15N3O2S/c1-10-9-20-14(16-10)17(2)12(18)8-15-13(19)11-6-4-3-5-7-11/h3-7,9H,8H2,1-2H3,(H,15,19). The molecule has 1 aromatic heterocycles. The number of thiazole rings is 1. The van der Waals surface area contributed by atoms with Gasteiger partial charge in [0.25, 0.3) is 5.91 Å². The van der Waals surface area contributed by atoms with E-state index in [1.807, 2.05) is 18.4 Å². The van der Waals surface area contributed by atoms with Gasteiger partial charge in [-0.15, -0.1) is 11.3 Å². The third-order valence-electron chi connectivity index (χ3n) is 2.70. The van der Waals surface area contributed by atoms with E-state index in [0.29, 0.717) is 10.7 Å². The smallest absolute Gasteiger partial charge is 0.251 e. The Bertz CT molecular complexity index is 610. The third-order valence-corrected chi connectivity index (χ3v) is 3.74. The number of anilines is 1. The molecule has 0 saturated carbocycles. The Kier molecular flexibility index (Phi) is 4.47. The number of hydrogen-bond donors (Lipinski definition) is 1. The van der Waals surface area contributed by atoms with E-state index in [9.17, 15) is 9.59 Å². The number of nitrogens with one attached hydrogen (secondary N) is 1. The quantitative estimate of drug-likeness (QED) is 0.934. The second-order valence-corrected chi connectivity index (χ2v) is 5.11. The minimum absolute atomic E-state index is 0.0527. The average Bonchev–Trinajstić information content (AvgIpc) is 2.91. The molecule has 1 aromatic carbocycles. The minimum atomic E-state index is -0.261. The normalized spacial score (nSPS) is 10.1. The monoisotopic (exact) mass is 289 g/mol. The summed E-state index contributed by atoms with van der Waals surface area (Å²) in [4.78, 5) is 29.5. The summed E-state index contributed by atoms with van der Waals surface area (Å²) in [5.41, 5.74) is 1.41. The summed E-state index contributed by atoms with van der Waals surface area (Å²) in [6, 6.07) is 8.80. The van der Waals surface area contributed by atoms with Crippen LogP contribution in [-0.2, 0) is 4.79 Å². The van der Waals surface area contributed by atoms with Crippen molar-refractivity contribution in [1.82, 2.24) is 10.3 Å². The minimum Gasteiger partial charge on any atom is -0.343 e. The first-order chi connectivity index (χ1) is 9.58. The lowest BCUT2D eigenvalue weighted by atomic mass is 10.2. The van der Waals surface area contributed by atoms with Crippen LogP contribution in [0.4, 0.5) is 5.13 Å². The highest BCUT2D eigenvalue weighted by Crippen LogP contribution is 2.18. The first-order valence-electron chi connectivity index (χ1n) is 6.10. The molecule has 0 atom stereocenters. The molecule has 2 aromatic rings. The molecule has 2 amide bonds. The Balaban J connectivity index is 1.91. The summed E-state index contributed by atoms with van der Waals surface area (Å²) in [6.07, 6.45) is 0. The Morgan fingerprint density at radius 1 is 1.30 bits per heavy atom. The fraction of sp³-hybridized carbons (Fsp3) is 0.214. The molecular weight excluding hydrogens is 274 g/mol. The lowest BCUT2D eigenvalue weighted by molar-refractivity contribution is -0.117. The second-order valence-electron chi connectivity index (χ2n) is 4.27. The zero-order valence-corrected chi connectivity index (χ0v) is 12.1. The first-order valence-corrected chi connectivity index (χ1v) is 6.98. The van der Waals surface area contributed by atoms with Crippen molar-refractivity contribution in [2.45, 2.75) is 6.92 Å². The molecule has 0 aliphatic heterocycles. The second kappa shape index (κ2) is 6.29. The van der Waals surface area contributed by atoms with E-state index in [1.54, 1.807) is 31.3 Å². The van der Waals surface area contributed by atoms with Crippen LogP contribution in [0.3, 0.4) is 0 Å². The van der Waals surface area contributed by atoms with Crippen LogP contribution in [0, 0.1) is 6.92 Å². The number of aromatic nitrogens is 1. The average molecular weight is 289 g/mol. The summed E-state index contributed by atoms with van der Waals surface area (Å²) in [5.74, 6) is -0.466. The summed E-state index contributed by atoms with van der Waals surface area (Å²) in [7, 11) is 1.65. The lowest BCUT2D eigenvalue weighted by Gasteiger charge is -2.14. The van der Waals surface area contributed by atoms with Gasteiger partial charge in [-0.3, -0.25) is 14.5 Å². The molecule has 6 heteroatoms. The van der Waals surface area contributed by atoms with E-state index in [1.165, 1.54) is 16.2 Å². The number of carbonyl (C=O) groups is 2. The van der Waals surface area contributed by atoms with Crippen LogP contribution >= 0.6 is 11.3 Å². The fourth-order valence-corrected chi connectivity index (χ4v) is 2.35. The lowest BCUT2D eigenvalue weighted by Crippen LogP contribution is -2.38. The number of amides is 2. The largest absolute Gasteiger partial charge is 0.343 e. The SMILES string of the molecule is Cc1csc(N(C)C(=O)CNC(=O)c2ccccc2)n1. The van der Waals surface area contributed by atoms with Crippen LogP contribution in [0.5, 0.6) is 0 Å². The summed E-state index contributed by atoms with van der Waals surface area (Å²) >= 11 is 1.40. The number of aryl methyl sites for hydroxylation is 1. The van der Waals surface area contributed by atoms with Crippen molar-refractivity contribution in [2.75, 3.05) is 18.5 Å². The molecule has 0 fully saturated rings. The molecule has 0 saturated heterocycles. The van der Waals surface area contributed by atoms with Crippen molar-refractivity contribution < 1.29 is 9.59 Å². The van der Waals surface area contributed by atoms with E-state index in [4.69, 9.17) is 0 Å². The molecule has 104 valence electrons. The maximum atomic E-state index is 12.0. The molecule has 0 unspecified atom stereocenters. The van der Waals surface area contributed by atoms with Gasteiger partial charge in [-0.25, -0.2) is 4.98 Å². The molecule has 1 heterocycles. The number of rotatable bonds is 4. The van der Waals surface area contributed by atoms with Crippen LogP contribution in [0.1, 0.15) is 16.1 Å². The molecule has 1 N–H and O–H groups in total. The van der Waals surface area contributed by atoms with E-state index >= 15 is 0 Å². The van der Waals surface area contributed by atoms with Crippen LogP contribution in [-0.4, -0.2) is 30.4 Å². The number of likely N-dealkylation sites (N-methyl/N-ethyl adjacent to an activating group) is 1. The molecule has 0 aliphatic carbocycles. The number of nitrogens with zero attached hydrogens (tertiary/aromatic N) is 2. The van der Waals surface area contributed by atoms with Gasteiger partial charge in [0.1, 0.15) is 0 Å². The number of hydrogen-bond acceptors (Lipinski definition) is 4. The zero-order chi connectivity index (χ0) is 14.5. The van der Waals surface area contributed by atoms with Gasteiger partial charge in [0, 0.05) is 18.0 Å². The maximum Gasteiger partial charge on any atom is 0.251 e. The van der Waals surface area contributed by atoms with Gasteiger partial charge in [-0.1, -0.05) is 18.2 Å². The van der Waals surface area contributed by atoms with Gasteiger partial charge in [-0.05, 0) is 19.1 Å². The van der Waals surface area contributed by atoms with E-state index in [-0.39, 0.29) is 18.4 Å². The van der Waals surface area contributed by atoms with Gasteiger partial charge in [0.2, 0.25) is 5.91 Å². The van der Waals surface area contributed by atoms with Gasteiger partial charge >= 0.3 is 0 Å². The Morgan fingerprint density at radius 2 is 2.00 bits per heavy atom. The molecule has 0 spiro atoms. The molecule has 5 nitrogen and oxygen atoms in total. The first kappa shape index (κ1) is 14.2. The molecular formula is C14H15N3O2S. The highest BCUT2D eigenvalue weighted by molar-refractivity contribution is 7.14. The van der Waals surface area contributed by atoms with Crippen molar-refractivity contribution in [2.24, 2.45) is 0 Å².